The second kappa shape index (κ2) is 3.23. The molecule has 0 aromatic rings. The molecule has 0 saturated carbocycles. The van der Waals surface area contributed by atoms with Gasteiger partial charge in [0.2, 0.25) is 5.91 Å². The Balaban J connectivity index is 2.77. The molecule has 1 saturated heterocycles. The van der Waals surface area contributed by atoms with Gasteiger partial charge in [-0.25, -0.2) is 0 Å². The van der Waals surface area contributed by atoms with Crippen molar-refractivity contribution in [1.82, 2.24) is 4.90 Å². The molecule has 1 atom stereocenters. The maximum absolute atomic E-state index is 11.4. The Kier molecular flexibility index (Phi) is 2.47. The van der Waals surface area contributed by atoms with Crippen LogP contribution in [0.1, 0.15) is 20.3 Å². The quantitative estimate of drug-likeness (QED) is 0.556. The Bertz CT molecular complexity index is 212. The second-order valence-electron chi connectivity index (χ2n) is 3.12. The third kappa shape index (κ3) is 1.34. The Morgan fingerprint density at radius 2 is 2.08 bits per heavy atom. The standard InChI is InChI=1S/C8H13NO3/c1-5(2)9-7(10)4-6(12-3)8(9)11/h5-6H,4H2,1-3H3. The molecule has 1 aliphatic heterocycles. The molecular formula is C8H13NO3. The van der Waals surface area contributed by atoms with Crippen molar-refractivity contribution in [2.24, 2.45) is 0 Å². The lowest BCUT2D eigenvalue weighted by atomic mass is 10.3. The highest BCUT2D eigenvalue weighted by Crippen LogP contribution is 2.17. The second-order valence-corrected chi connectivity index (χ2v) is 3.12. The molecule has 0 aromatic carbocycles. The van der Waals surface area contributed by atoms with Crippen LogP contribution in [0.15, 0.2) is 0 Å². The monoisotopic (exact) mass is 171 g/mol. The number of ether oxygens (including phenoxy) is 1. The fraction of sp³-hybridized carbons (Fsp3) is 0.750. The van der Waals surface area contributed by atoms with E-state index in [9.17, 15) is 9.59 Å². The minimum atomic E-state index is -0.556. The number of hydrogen-bond acceptors (Lipinski definition) is 3. The van der Waals surface area contributed by atoms with Crippen LogP contribution < -0.4 is 0 Å². The molecule has 1 aliphatic rings. The number of likely N-dealkylation sites (tertiary alicyclic amines) is 1. The summed E-state index contributed by atoms with van der Waals surface area (Å²) in [6.07, 6.45) is -0.368. The van der Waals surface area contributed by atoms with Crippen molar-refractivity contribution in [1.29, 1.82) is 0 Å². The van der Waals surface area contributed by atoms with E-state index in [2.05, 4.69) is 0 Å². The first-order valence-electron chi connectivity index (χ1n) is 3.96. The molecule has 4 nitrogen and oxygen atoms in total. The summed E-state index contributed by atoms with van der Waals surface area (Å²) in [5.41, 5.74) is 0. The summed E-state index contributed by atoms with van der Waals surface area (Å²) in [4.78, 5) is 23.8. The van der Waals surface area contributed by atoms with E-state index in [1.807, 2.05) is 13.8 Å². The van der Waals surface area contributed by atoms with E-state index in [0.717, 1.165) is 0 Å². The van der Waals surface area contributed by atoms with Crippen molar-refractivity contribution in [3.63, 3.8) is 0 Å². The molecule has 12 heavy (non-hydrogen) atoms. The summed E-state index contributed by atoms with van der Waals surface area (Å²) >= 11 is 0. The normalized spacial score (nSPS) is 24.3. The summed E-state index contributed by atoms with van der Waals surface area (Å²) in [6, 6.07) is -0.0647. The molecular weight excluding hydrogens is 158 g/mol. The van der Waals surface area contributed by atoms with E-state index < -0.39 is 6.10 Å². The molecule has 0 spiro atoms. The number of nitrogens with zero attached hydrogens (tertiary/aromatic N) is 1. The van der Waals surface area contributed by atoms with Crippen molar-refractivity contribution in [2.75, 3.05) is 7.11 Å². The number of amides is 2. The summed E-state index contributed by atoms with van der Waals surface area (Å²) in [6.45, 7) is 3.63. The van der Waals surface area contributed by atoms with Gasteiger partial charge >= 0.3 is 0 Å². The van der Waals surface area contributed by atoms with Gasteiger partial charge < -0.3 is 4.74 Å². The van der Waals surface area contributed by atoms with Gasteiger partial charge in [-0.1, -0.05) is 0 Å². The van der Waals surface area contributed by atoms with Crippen LogP contribution in [0.2, 0.25) is 0 Å². The van der Waals surface area contributed by atoms with E-state index in [4.69, 9.17) is 4.74 Å². The summed E-state index contributed by atoms with van der Waals surface area (Å²) in [5.74, 6) is -0.348. The molecule has 4 heteroatoms. The van der Waals surface area contributed by atoms with Crippen LogP contribution in [0.5, 0.6) is 0 Å². The minimum Gasteiger partial charge on any atom is -0.371 e. The topological polar surface area (TPSA) is 46.6 Å². The smallest absolute Gasteiger partial charge is 0.259 e. The Labute approximate surface area is 71.5 Å². The molecule has 0 bridgehead atoms. The van der Waals surface area contributed by atoms with Crippen LogP contribution in [0.4, 0.5) is 0 Å². The summed E-state index contributed by atoms with van der Waals surface area (Å²) in [5, 5.41) is 0. The van der Waals surface area contributed by atoms with E-state index in [-0.39, 0.29) is 24.3 Å². The van der Waals surface area contributed by atoms with Gasteiger partial charge in [-0.05, 0) is 13.8 Å². The van der Waals surface area contributed by atoms with Gasteiger partial charge in [-0.15, -0.1) is 0 Å². The molecule has 1 unspecified atom stereocenters. The fourth-order valence-electron chi connectivity index (χ4n) is 1.35. The van der Waals surface area contributed by atoms with E-state index >= 15 is 0 Å². The molecule has 1 rings (SSSR count). The zero-order valence-electron chi connectivity index (χ0n) is 7.53. The number of carbonyl (C=O) groups excluding carboxylic acids is 2. The lowest BCUT2D eigenvalue weighted by molar-refractivity contribution is -0.143. The molecule has 1 heterocycles. The Morgan fingerprint density at radius 1 is 1.50 bits per heavy atom. The van der Waals surface area contributed by atoms with Crippen LogP contribution >= 0.6 is 0 Å². The zero-order valence-corrected chi connectivity index (χ0v) is 7.53. The lowest BCUT2D eigenvalue weighted by Gasteiger charge is -2.18. The molecule has 2 amide bonds. The SMILES string of the molecule is COC1CC(=O)N(C(C)C)C1=O. The summed E-state index contributed by atoms with van der Waals surface area (Å²) in [7, 11) is 1.44. The van der Waals surface area contributed by atoms with Crippen molar-refractivity contribution >= 4 is 11.8 Å². The number of methoxy groups -OCH3 is 1. The number of rotatable bonds is 2. The van der Waals surface area contributed by atoms with Gasteiger partial charge in [0, 0.05) is 13.2 Å². The molecule has 0 aromatic heterocycles. The molecule has 0 N–H and O–H groups in total. The van der Waals surface area contributed by atoms with Crippen molar-refractivity contribution in [2.45, 2.75) is 32.4 Å². The van der Waals surface area contributed by atoms with Gasteiger partial charge in [-0.2, -0.15) is 0 Å². The van der Waals surface area contributed by atoms with Gasteiger partial charge in [0.15, 0.2) is 0 Å². The van der Waals surface area contributed by atoms with Crippen LogP contribution in [-0.2, 0) is 14.3 Å². The zero-order chi connectivity index (χ0) is 9.30. The van der Waals surface area contributed by atoms with Gasteiger partial charge in [0.1, 0.15) is 6.10 Å². The number of hydrogen-bond donors (Lipinski definition) is 0. The van der Waals surface area contributed by atoms with Crippen molar-refractivity contribution in [3.05, 3.63) is 0 Å². The first-order valence-corrected chi connectivity index (χ1v) is 3.96. The highest BCUT2D eigenvalue weighted by molar-refractivity contribution is 6.05. The van der Waals surface area contributed by atoms with Crippen LogP contribution in [0.3, 0.4) is 0 Å². The largest absolute Gasteiger partial charge is 0.371 e. The van der Waals surface area contributed by atoms with Crippen LogP contribution in [0.25, 0.3) is 0 Å². The number of imide groups is 1. The first kappa shape index (κ1) is 9.19. The van der Waals surface area contributed by atoms with Gasteiger partial charge in [0.05, 0.1) is 6.42 Å². The van der Waals surface area contributed by atoms with Crippen molar-refractivity contribution < 1.29 is 14.3 Å². The predicted molar refractivity (Wildman–Crippen MR) is 42.4 cm³/mol. The first-order chi connectivity index (χ1) is 5.57. The van der Waals surface area contributed by atoms with E-state index in [1.54, 1.807) is 0 Å². The van der Waals surface area contributed by atoms with Gasteiger partial charge in [0.25, 0.3) is 5.91 Å². The Morgan fingerprint density at radius 3 is 2.33 bits per heavy atom. The van der Waals surface area contributed by atoms with Crippen LogP contribution in [0, 0.1) is 0 Å². The minimum absolute atomic E-state index is 0.0647. The highest BCUT2D eigenvalue weighted by atomic mass is 16.5. The molecule has 1 fully saturated rings. The maximum atomic E-state index is 11.4. The van der Waals surface area contributed by atoms with E-state index in [0.29, 0.717) is 0 Å². The number of carbonyl (C=O) groups is 2. The lowest BCUT2D eigenvalue weighted by Crippen LogP contribution is -2.37. The van der Waals surface area contributed by atoms with E-state index in [1.165, 1.54) is 12.0 Å². The predicted octanol–water partition coefficient (Wildman–Crippen LogP) is 0.169. The molecule has 68 valence electrons. The Hall–Kier alpha value is -0.900. The van der Waals surface area contributed by atoms with Crippen molar-refractivity contribution in [3.8, 4) is 0 Å². The fourth-order valence-corrected chi connectivity index (χ4v) is 1.35. The third-order valence-corrected chi connectivity index (χ3v) is 1.94. The molecule has 0 aliphatic carbocycles. The molecule has 0 radical (unpaired) electrons. The van der Waals surface area contributed by atoms with Gasteiger partial charge in [-0.3, -0.25) is 14.5 Å². The average molecular weight is 171 g/mol. The summed E-state index contributed by atoms with van der Waals surface area (Å²) < 4.78 is 4.86. The van der Waals surface area contributed by atoms with Crippen LogP contribution in [-0.4, -0.2) is 36.0 Å². The third-order valence-electron chi connectivity index (χ3n) is 1.94. The maximum Gasteiger partial charge on any atom is 0.259 e. The average Bonchev–Trinajstić information content (AvgIpc) is 2.25. The highest BCUT2D eigenvalue weighted by Gasteiger charge is 2.39.